The molecule has 0 bridgehead atoms. The predicted octanol–water partition coefficient (Wildman–Crippen LogP) is 0.243. The molecule has 1 aromatic heterocycles. The summed E-state index contributed by atoms with van der Waals surface area (Å²) in [5.74, 6) is -0.607. The molecule has 92 valence electrons. The van der Waals surface area contributed by atoms with E-state index >= 15 is 0 Å². The molecule has 0 unspecified atom stereocenters. The van der Waals surface area contributed by atoms with E-state index in [2.05, 4.69) is 4.98 Å². The van der Waals surface area contributed by atoms with Crippen LogP contribution in [0.3, 0.4) is 0 Å². The van der Waals surface area contributed by atoms with Crippen LogP contribution < -0.4 is 0 Å². The highest BCUT2D eigenvalue weighted by atomic mass is 16.4. The lowest BCUT2D eigenvalue weighted by molar-refractivity contribution is -0.153. The van der Waals surface area contributed by atoms with E-state index in [-0.39, 0.29) is 5.91 Å². The normalized spacial score (nSPS) is 16.6. The van der Waals surface area contributed by atoms with E-state index in [9.17, 15) is 9.59 Å². The summed E-state index contributed by atoms with van der Waals surface area (Å²) in [4.78, 5) is 28.6. The quantitative estimate of drug-likeness (QED) is 0.761. The van der Waals surface area contributed by atoms with Crippen LogP contribution in [-0.2, 0) is 23.2 Å². The third-order valence-corrected chi connectivity index (χ3v) is 3.22. The number of imidazole rings is 1. The Bertz CT molecular complexity index is 462. The molecule has 6 nitrogen and oxygen atoms in total. The van der Waals surface area contributed by atoms with Gasteiger partial charge in [0.05, 0.1) is 6.54 Å². The molecular weight excluding hydrogens is 222 g/mol. The van der Waals surface area contributed by atoms with E-state index < -0.39 is 11.4 Å². The minimum Gasteiger partial charge on any atom is -0.480 e. The van der Waals surface area contributed by atoms with E-state index in [1.165, 1.54) is 4.90 Å². The highest BCUT2D eigenvalue weighted by Crippen LogP contribution is 2.47. The first-order valence-electron chi connectivity index (χ1n) is 5.42. The van der Waals surface area contributed by atoms with Gasteiger partial charge in [-0.05, 0) is 12.8 Å². The minimum absolute atomic E-state index is 0.326. The van der Waals surface area contributed by atoms with Gasteiger partial charge in [-0.2, -0.15) is 0 Å². The van der Waals surface area contributed by atoms with E-state index in [1.54, 1.807) is 19.4 Å². The fourth-order valence-corrected chi connectivity index (χ4v) is 1.84. The van der Waals surface area contributed by atoms with Crippen LogP contribution in [0.4, 0.5) is 0 Å². The molecule has 1 aliphatic carbocycles. The van der Waals surface area contributed by atoms with Crippen LogP contribution in [0.2, 0.25) is 0 Å². The number of aliphatic carboxylic acids is 1. The Balaban J connectivity index is 2.06. The molecule has 1 N–H and O–H groups in total. The maximum absolute atomic E-state index is 12.0. The van der Waals surface area contributed by atoms with Crippen LogP contribution in [0, 0.1) is 5.41 Å². The van der Waals surface area contributed by atoms with Crippen molar-refractivity contribution in [2.45, 2.75) is 19.4 Å². The summed E-state index contributed by atoms with van der Waals surface area (Å²) in [7, 11) is 3.45. The SMILES string of the molecule is CN(Cc1nccn1C)C(=O)C1(C(=O)O)CC1. The second kappa shape index (κ2) is 3.87. The van der Waals surface area contributed by atoms with Crippen LogP contribution in [0.25, 0.3) is 0 Å². The summed E-state index contributed by atoms with van der Waals surface area (Å²) in [5.41, 5.74) is -1.17. The lowest BCUT2D eigenvalue weighted by atomic mass is 10.1. The molecule has 1 aromatic rings. The summed E-state index contributed by atoms with van der Waals surface area (Å²) < 4.78 is 1.81. The molecule has 0 saturated heterocycles. The molecule has 1 heterocycles. The van der Waals surface area contributed by atoms with Crippen molar-refractivity contribution in [2.24, 2.45) is 12.5 Å². The molecule has 0 aliphatic heterocycles. The molecular formula is C11H15N3O3. The van der Waals surface area contributed by atoms with Gasteiger partial charge in [-0.1, -0.05) is 0 Å². The van der Waals surface area contributed by atoms with Crippen LogP contribution >= 0.6 is 0 Å². The molecule has 0 spiro atoms. The zero-order valence-electron chi connectivity index (χ0n) is 9.88. The average Bonchev–Trinajstić information content (AvgIpc) is 3.00. The molecule has 0 atom stereocenters. The topological polar surface area (TPSA) is 75.4 Å². The number of aromatic nitrogens is 2. The molecule has 1 aliphatic rings. The van der Waals surface area contributed by atoms with Crippen molar-refractivity contribution < 1.29 is 14.7 Å². The van der Waals surface area contributed by atoms with E-state index in [1.807, 2.05) is 11.6 Å². The van der Waals surface area contributed by atoms with Crippen molar-refractivity contribution in [3.05, 3.63) is 18.2 Å². The van der Waals surface area contributed by atoms with Gasteiger partial charge in [-0.3, -0.25) is 9.59 Å². The molecule has 0 radical (unpaired) electrons. The first-order chi connectivity index (χ1) is 7.97. The predicted molar refractivity (Wildman–Crippen MR) is 59.0 cm³/mol. The Morgan fingerprint density at radius 2 is 2.24 bits per heavy atom. The molecule has 2 rings (SSSR count). The fraction of sp³-hybridized carbons (Fsp3) is 0.545. The molecule has 17 heavy (non-hydrogen) atoms. The Kier molecular flexibility index (Phi) is 2.65. The Labute approximate surface area is 98.9 Å². The standard InChI is InChI=1S/C11H15N3O3/c1-13-6-5-12-8(13)7-14(2)9(15)11(3-4-11)10(16)17/h5-6H,3-4,7H2,1-2H3,(H,16,17). The van der Waals surface area contributed by atoms with E-state index in [4.69, 9.17) is 5.11 Å². The number of aryl methyl sites for hydroxylation is 1. The summed E-state index contributed by atoms with van der Waals surface area (Å²) in [6.45, 7) is 0.331. The largest absolute Gasteiger partial charge is 0.480 e. The van der Waals surface area contributed by atoms with Gasteiger partial charge in [0.1, 0.15) is 11.2 Å². The van der Waals surface area contributed by atoms with E-state index in [0.29, 0.717) is 19.4 Å². The molecule has 1 fully saturated rings. The first kappa shape index (κ1) is 11.6. The third kappa shape index (κ3) is 1.90. The Hall–Kier alpha value is -1.85. The number of nitrogens with zero attached hydrogens (tertiary/aromatic N) is 3. The van der Waals surface area contributed by atoms with Crippen LogP contribution in [0.15, 0.2) is 12.4 Å². The smallest absolute Gasteiger partial charge is 0.319 e. The van der Waals surface area contributed by atoms with Crippen molar-refractivity contribution >= 4 is 11.9 Å². The van der Waals surface area contributed by atoms with Crippen molar-refractivity contribution in [3.63, 3.8) is 0 Å². The van der Waals surface area contributed by atoms with Crippen molar-refractivity contribution in [1.29, 1.82) is 0 Å². The summed E-state index contributed by atoms with van der Waals surface area (Å²) in [5, 5.41) is 9.04. The van der Waals surface area contributed by atoms with Gasteiger partial charge in [0, 0.05) is 26.5 Å². The number of amides is 1. The minimum atomic E-state index is -1.17. The highest BCUT2D eigenvalue weighted by Gasteiger charge is 2.58. The van der Waals surface area contributed by atoms with Crippen LogP contribution in [-0.4, -0.2) is 38.5 Å². The second-order valence-electron chi connectivity index (χ2n) is 4.50. The van der Waals surface area contributed by atoms with Gasteiger partial charge in [0.25, 0.3) is 0 Å². The number of hydrogen-bond acceptors (Lipinski definition) is 3. The average molecular weight is 237 g/mol. The number of hydrogen-bond donors (Lipinski definition) is 1. The maximum Gasteiger partial charge on any atom is 0.319 e. The summed E-state index contributed by atoms with van der Waals surface area (Å²) in [6.07, 6.45) is 4.31. The molecule has 6 heteroatoms. The molecule has 1 saturated carbocycles. The number of carbonyl (C=O) groups is 2. The van der Waals surface area contributed by atoms with Crippen molar-refractivity contribution in [3.8, 4) is 0 Å². The molecule has 1 amide bonds. The fourth-order valence-electron chi connectivity index (χ4n) is 1.84. The van der Waals surface area contributed by atoms with Gasteiger partial charge in [-0.15, -0.1) is 0 Å². The van der Waals surface area contributed by atoms with Crippen LogP contribution in [0.5, 0.6) is 0 Å². The van der Waals surface area contributed by atoms with Gasteiger partial charge < -0.3 is 14.6 Å². The summed E-state index contributed by atoms with van der Waals surface area (Å²) >= 11 is 0. The Morgan fingerprint density at radius 1 is 1.59 bits per heavy atom. The van der Waals surface area contributed by atoms with Crippen molar-refractivity contribution in [2.75, 3.05) is 7.05 Å². The number of carboxylic acid groups (broad SMARTS) is 1. The third-order valence-electron chi connectivity index (χ3n) is 3.22. The molecule has 0 aromatic carbocycles. The maximum atomic E-state index is 12.0. The zero-order valence-corrected chi connectivity index (χ0v) is 9.88. The van der Waals surface area contributed by atoms with Gasteiger partial charge in [0.2, 0.25) is 5.91 Å². The van der Waals surface area contributed by atoms with Gasteiger partial charge in [0.15, 0.2) is 0 Å². The Morgan fingerprint density at radius 3 is 2.65 bits per heavy atom. The number of rotatable bonds is 4. The number of carbonyl (C=O) groups excluding carboxylic acids is 1. The second-order valence-corrected chi connectivity index (χ2v) is 4.50. The van der Waals surface area contributed by atoms with Gasteiger partial charge in [-0.25, -0.2) is 4.98 Å². The zero-order chi connectivity index (χ0) is 12.6. The van der Waals surface area contributed by atoms with Crippen LogP contribution in [0.1, 0.15) is 18.7 Å². The monoisotopic (exact) mass is 237 g/mol. The van der Waals surface area contributed by atoms with E-state index in [0.717, 1.165) is 5.82 Å². The number of carboxylic acids is 1. The lowest BCUT2D eigenvalue weighted by Gasteiger charge is -2.20. The van der Waals surface area contributed by atoms with Gasteiger partial charge >= 0.3 is 5.97 Å². The lowest BCUT2D eigenvalue weighted by Crippen LogP contribution is -2.38. The first-order valence-corrected chi connectivity index (χ1v) is 5.42. The summed E-state index contributed by atoms with van der Waals surface area (Å²) in [6, 6.07) is 0. The van der Waals surface area contributed by atoms with Crippen molar-refractivity contribution in [1.82, 2.24) is 14.5 Å². The highest BCUT2D eigenvalue weighted by molar-refractivity contribution is 6.04.